The van der Waals surface area contributed by atoms with Crippen molar-refractivity contribution in [1.29, 1.82) is 0 Å². The monoisotopic (exact) mass is 224 g/mol. The molecule has 0 aliphatic carbocycles. The van der Waals surface area contributed by atoms with Gasteiger partial charge in [-0.05, 0) is 29.9 Å². The molecule has 1 aromatic heterocycles. The van der Waals surface area contributed by atoms with E-state index in [2.05, 4.69) is 54.1 Å². The molecule has 0 fully saturated rings. The van der Waals surface area contributed by atoms with Crippen LogP contribution in [0.25, 0.3) is 21.8 Å². The maximum atomic E-state index is 4.59. The van der Waals surface area contributed by atoms with Crippen LogP contribution in [0.4, 0.5) is 0 Å². The Labute approximate surface area is 101 Å². The van der Waals surface area contributed by atoms with Gasteiger partial charge in [-0.25, -0.2) is 4.98 Å². The lowest BCUT2D eigenvalue weighted by molar-refractivity contribution is 0.876. The molecule has 1 heterocycles. The molecule has 3 rings (SSSR count). The van der Waals surface area contributed by atoms with Crippen molar-refractivity contribution >= 4 is 21.8 Å². The van der Waals surface area contributed by atoms with Gasteiger partial charge in [0, 0.05) is 5.39 Å². The van der Waals surface area contributed by atoms with Crippen molar-refractivity contribution < 1.29 is 0 Å². The first-order valence-electron chi connectivity index (χ1n) is 6.05. The maximum absolute atomic E-state index is 4.59. The number of nitrogens with zero attached hydrogens (tertiary/aromatic N) is 1. The summed E-state index contributed by atoms with van der Waals surface area (Å²) in [6, 6.07) is 10.8. The Morgan fingerprint density at radius 3 is 2.65 bits per heavy atom. The Balaban J connectivity index is 2.47. The van der Waals surface area contributed by atoms with Gasteiger partial charge in [0.25, 0.3) is 0 Å². The number of rotatable bonds is 1. The van der Waals surface area contributed by atoms with Crippen LogP contribution in [-0.4, -0.2) is 9.97 Å². The highest BCUT2D eigenvalue weighted by molar-refractivity contribution is 6.05. The lowest BCUT2D eigenvalue weighted by Crippen LogP contribution is -1.89. The van der Waals surface area contributed by atoms with Crippen LogP contribution in [-0.2, 0) is 0 Å². The summed E-state index contributed by atoms with van der Waals surface area (Å²) in [6.45, 7) is 6.46. The van der Waals surface area contributed by atoms with E-state index < -0.39 is 0 Å². The van der Waals surface area contributed by atoms with Crippen molar-refractivity contribution in [1.82, 2.24) is 9.97 Å². The van der Waals surface area contributed by atoms with Gasteiger partial charge in [0.15, 0.2) is 0 Å². The number of fused-ring (bicyclic) bond motifs is 3. The van der Waals surface area contributed by atoms with E-state index in [0.29, 0.717) is 5.92 Å². The number of H-pyrrole nitrogens is 1. The number of aromatic amines is 1. The van der Waals surface area contributed by atoms with Gasteiger partial charge in [-0.3, -0.25) is 0 Å². The number of nitrogens with one attached hydrogen (secondary N) is 1. The minimum absolute atomic E-state index is 0.538. The molecule has 17 heavy (non-hydrogen) atoms. The number of aromatic nitrogens is 2. The molecule has 2 heteroatoms. The Hall–Kier alpha value is -1.83. The molecule has 0 bridgehead atoms. The van der Waals surface area contributed by atoms with Crippen molar-refractivity contribution in [3.8, 4) is 0 Å². The van der Waals surface area contributed by atoms with Gasteiger partial charge in [0.05, 0.1) is 11.0 Å². The highest BCUT2D eigenvalue weighted by atomic mass is 14.9. The van der Waals surface area contributed by atoms with Crippen molar-refractivity contribution in [2.75, 3.05) is 0 Å². The van der Waals surface area contributed by atoms with Crippen LogP contribution in [0, 0.1) is 6.92 Å². The Bertz CT molecular complexity index is 693. The molecule has 0 spiro atoms. The third-order valence-electron chi connectivity index (χ3n) is 3.28. The second kappa shape index (κ2) is 3.59. The highest BCUT2D eigenvalue weighted by Crippen LogP contribution is 2.29. The number of aryl methyl sites for hydroxylation is 1. The van der Waals surface area contributed by atoms with E-state index in [4.69, 9.17) is 0 Å². The second-order valence-electron chi connectivity index (χ2n) is 4.88. The van der Waals surface area contributed by atoms with Gasteiger partial charge in [-0.15, -0.1) is 0 Å². The lowest BCUT2D eigenvalue weighted by atomic mass is 9.95. The molecule has 86 valence electrons. The smallest absolute Gasteiger partial charge is 0.104 e. The summed E-state index contributed by atoms with van der Waals surface area (Å²) in [5.41, 5.74) is 3.60. The largest absolute Gasteiger partial charge is 0.342 e. The first-order valence-corrected chi connectivity index (χ1v) is 6.05. The summed E-state index contributed by atoms with van der Waals surface area (Å²) >= 11 is 0. The number of benzene rings is 2. The standard InChI is InChI=1S/C15H16N2/c1-9(2)11-5-4-6-13-12(11)7-8-14-15(13)17-10(3)16-14/h4-9H,1-3H3,(H,16,17). The fourth-order valence-electron chi connectivity index (χ4n) is 2.48. The predicted molar refractivity (Wildman–Crippen MR) is 72.4 cm³/mol. The number of hydrogen-bond acceptors (Lipinski definition) is 1. The van der Waals surface area contributed by atoms with Crippen LogP contribution in [0.2, 0.25) is 0 Å². The molecule has 2 nitrogen and oxygen atoms in total. The zero-order valence-electron chi connectivity index (χ0n) is 10.4. The molecule has 0 aliphatic heterocycles. The van der Waals surface area contributed by atoms with Crippen LogP contribution in [0.15, 0.2) is 30.3 Å². The quantitative estimate of drug-likeness (QED) is 0.661. The molecule has 0 aliphatic rings. The van der Waals surface area contributed by atoms with Crippen LogP contribution in [0.3, 0.4) is 0 Å². The van der Waals surface area contributed by atoms with Gasteiger partial charge in [0.2, 0.25) is 0 Å². The van der Waals surface area contributed by atoms with Gasteiger partial charge < -0.3 is 4.98 Å². The predicted octanol–water partition coefficient (Wildman–Crippen LogP) is 4.15. The molecular weight excluding hydrogens is 208 g/mol. The van der Waals surface area contributed by atoms with E-state index in [0.717, 1.165) is 16.9 Å². The van der Waals surface area contributed by atoms with E-state index in [-0.39, 0.29) is 0 Å². The summed E-state index contributed by atoms with van der Waals surface area (Å²) in [4.78, 5) is 7.87. The molecule has 0 unspecified atom stereocenters. The third kappa shape index (κ3) is 1.52. The summed E-state index contributed by atoms with van der Waals surface area (Å²) in [6.07, 6.45) is 0. The van der Waals surface area contributed by atoms with Gasteiger partial charge in [0.1, 0.15) is 5.82 Å². The molecule has 0 radical (unpaired) electrons. The van der Waals surface area contributed by atoms with E-state index in [1.807, 2.05) is 6.92 Å². The SMILES string of the molecule is Cc1nc2c(ccc3c(C(C)C)cccc32)[nH]1. The van der Waals surface area contributed by atoms with E-state index in [9.17, 15) is 0 Å². The molecular formula is C15H16N2. The third-order valence-corrected chi connectivity index (χ3v) is 3.28. The van der Waals surface area contributed by atoms with E-state index in [1.54, 1.807) is 0 Å². The van der Waals surface area contributed by atoms with E-state index >= 15 is 0 Å². The maximum Gasteiger partial charge on any atom is 0.104 e. The first-order chi connectivity index (χ1) is 8.16. The number of hydrogen-bond donors (Lipinski definition) is 1. The fraction of sp³-hybridized carbons (Fsp3) is 0.267. The normalized spacial score (nSPS) is 11.8. The zero-order valence-corrected chi connectivity index (χ0v) is 10.4. The van der Waals surface area contributed by atoms with Crippen molar-refractivity contribution in [3.63, 3.8) is 0 Å². The summed E-state index contributed by atoms with van der Waals surface area (Å²) in [5.74, 6) is 1.51. The van der Waals surface area contributed by atoms with Crippen LogP contribution in [0.5, 0.6) is 0 Å². The molecule has 0 saturated heterocycles. The Kier molecular flexibility index (Phi) is 2.18. The number of imidazole rings is 1. The van der Waals surface area contributed by atoms with E-state index in [1.165, 1.54) is 16.3 Å². The summed E-state index contributed by atoms with van der Waals surface area (Å²) in [5, 5.41) is 2.57. The van der Waals surface area contributed by atoms with Crippen molar-refractivity contribution in [2.45, 2.75) is 26.7 Å². The van der Waals surface area contributed by atoms with Crippen LogP contribution >= 0.6 is 0 Å². The highest BCUT2D eigenvalue weighted by Gasteiger charge is 2.09. The topological polar surface area (TPSA) is 28.7 Å². The first kappa shape index (κ1) is 10.3. The average molecular weight is 224 g/mol. The minimum atomic E-state index is 0.538. The second-order valence-corrected chi connectivity index (χ2v) is 4.88. The van der Waals surface area contributed by atoms with Crippen LogP contribution < -0.4 is 0 Å². The Morgan fingerprint density at radius 1 is 1.06 bits per heavy atom. The van der Waals surface area contributed by atoms with Gasteiger partial charge in [-0.1, -0.05) is 38.1 Å². The molecule has 1 N–H and O–H groups in total. The van der Waals surface area contributed by atoms with Gasteiger partial charge >= 0.3 is 0 Å². The molecule has 3 aromatic rings. The average Bonchev–Trinajstić information content (AvgIpc) is 2.68. The zero-order chi connectivity index (χ0) is 12.0. The van der Waals surface area contributed by atoms with Crippen molar-refractivity contribution in [3.05, 3.63) is 41.7 Å². The van der Waals surface area contributed by atoms with Gasteiger partial charge in [-0.2, -0.15) is 0 Å². The van der Waals surface area contributed by atoms with Crippen LogP contribution in [0.1, 0.15) is 31.2 Å². The summed E-state index contributed by atoms with van der Waals surface area (Å²) < 4.78 is 0. The Morgan fingerprint density at radius 2 is 1.88 bits per heavy atom. The summed E-state index contributed by atoms with van der Waals surface area (Å²) in [7, 11) is 0. The molecule has 0 atom stereocenters. The molecule has 0 saturated carbocycles. The fourth-order valence-corrected chi connectivity index (χ4v) is 2.48. The van der Waals surface area contributed by atoms with Crippen molar-refractivity contribution in [2.24, 2.45) is 0 Å². The molecule has 0 amide bonds. The minimum Gasteiger partial charge on any atom is -0.342 e. The molecule has 2 aromatic carbocycles. The lowest BCUT2D eigenvalue weighted by Gasteiger charge is -2.09.